The molecule has 0 aliphatic carbocycles. The van der Waals surface area contributed by atoms with Crippen molar-refractivity contribution >= 4 is 5.91 Å². The molecule has 1 amide bonds. The van der Waals surface area contributed by atoms with Crippen LogP contribution in [-0.4, -0.2) is 29.0 Å². The molecule has 1 saturated heterocycles. The Morgan fingerprint density at radius 2 is 1.75 bits per heavy atom. The van der Waals surface area contributed by atoms with Gasteiger partial charge >= 0.3 is 0 Å². The van der Waals surface area contributed by atoms with Gasteiger partial charge in [0.2, 0.25) is 5.91 Å². The Labute approximate surface area is 121 Å². The third-order valence-electron chi connectivity index (χ3n) is 4.06. The van der Waals surface area contributed by atoms with Crippen LogP contribution in [0.5, 0.6) is 0 Å². The molecule has 0 spiro atoms. The standard InChI is InChI=1S/C17H25NO2/c1-17(2,3)16(20)18-11-9-14(10-12-18)15(19)13-7-5-4-6-8-13/h4-8,14-15,19H,9-12H2,1-3H3. The summed E-state index contributed by atoms with van der Waals surface area (Å²) in [4.78, 5) is 14.2. The minimum Gasteiger partial charge on any atom is -0.388 e. The first-order valence-electron chi connectivity index (χ1n) is 7.42. The van der Waals surface area contributed by atoms with Crippen molar-refractivity contribution in [2.24, 2.45) is 11.3 Å². The lowest BCUT2D eigenvalue weighted by molar-refractivity contribution is -0.141. The third-order valence-corrected chi connectivity index (χ3v) is 4.06. The average molecular weight is 275 g/mol. The van der Waals surface area contributed by atoms with Crippen molar-refractivity contribution in [3.8, 4) is 0 Å². The highest BCUT2D eigenvalue weighted by Gasteiger charge is 2.32. The maximum Gasteiger partial charge on any atom is 0.227 e. The molecule has 1 atom stereocenters. The smallest absolute Gasteiger partial charge is 0.227 e. The summed E-state index contributed by atoms with van der Waals surface area (Å²) >= 11 is 0. The van der Waals surface area contributed by atoms with Crippen LogP contribution in [0.1, 0.15) is 45.3 Å². The second-order valence-electron chi connectivity index (χ2n) is 6.74. The SMILES string of the molecule is CC(C)(C)C(=O)N1CCC(C(O)c2ccccc2)CC1. The number of amides is 1. The van der Waals surface area contributed by atoms with Crippen molar-refractivity contribution in [1.82, 2.24) is 4.90 Å². The lowest BCUT2D eigenvalue weighted by Gasteiger charge is -2.37. The van der Waals surface area contributed by atoms with E-state index in [-0.39, 0.29) is 17.2 Å². The topological polar surface area (TPSA) is 40.5 Å². The molecule has 0 saturated carbocycles. The zero-order valence-electron chi connectivity index (χ0n) is 12.7. The predicted molar refractivity (Wildman–Crippen MR) is 80.2 cm³/mol. The maximum atomic E-state index is 12.2. The van der Waals surface area contributed by atoms with Crippen molar-refractivity contribution in [3.05, 3.63) is 35.9 Å². The van der Waals surface area contributed by atoms with Gasteiger partial charge in [-0.05, 0) is 24.3 Å². The Kier molecular flexibility index (Phi) is 4.48. The van der Waals surface area contributed by atoms with Gasteiger partial charge in [0.1, 0.15) is 0 Å². The normalized spacial score (nSPS) is 18.9. The van der Waals surface area contributed by atoms with Crippen molar-refractivity contribution in [1.29, 1.82) is 0 Å². The highest BCUT2D eigenvalue weighted by molar-refractivity contribution is 5.81. The van der Waals surface area contributed by atoms with Gasteiger partial charge in [0.25, 0.3) is 0 Å². The van der Waals surface area contributed by atoms with Crippen molar-refractivity contribution < 1.29 is 9.90 Å². The molecule has 1 aromatic carbocycles. The highest BCUT2D eigenvalue weighted by atomic mass is 16.3. The summed E-state index contributed by atoms with van der Waals surface area (Å²) in [5, 5.41) is 10.4. The van der Waals surface area contributed by atoms with Gasteiger partial charge in [-0.2, -0.15) is 0 Å². The number of carbonyl (C=O) groups excluding carboxylic acids is 1. The Balaban J connectivity index is 1.93. The molecule has 0 radical (unpaired) electrons. The van der Waals surface area contributed by atoms with E-state index in [0.29, 0.717) is 0 Å². The fourth-order valence-corrected chi connectivity index (χ4v) is 2.82. The number of likely N-dealkylation sites (tertiary alicyclic amines) is 1. The van der Waals surface area contributed by atoms with E-state index in [1.54, 1.807) is 0 Å². The molecule has 1 aliphatic heterocycles. The number of hydrogen-bond acceptors (Lipinski definition) is 2. The Bertz CT molecular complexity index is 442. The molecular weight excluding hydrogens is 250 g/mol. The monoisotopic (exact) mass is 275 g/mol. The van der Waals surface area contributed by atoms with Gasteiger partial charge in [0.05, 0.1) is 6.10 Å². The van der Waals surface area contributed by atoms with Gasteiger partial charge < -0.3 is 10.0 Å². The summed E-state index contributed by atoms with van der Waals surface area (Å²) in [6, 6.07) is 9.81. The van der Waals surface area contributed by atoms with E-state index in [1.165, 1.54) is 0 Å². The van der Waals surface area contributed by atoms with Gasteiger partial charge in [0, 0.05) is 18.5 Å². The van der Waals surface area contributed by atoms with Crippen LogP contribution >= 0.6 is 0 Å². The third kappa shape index (κ3) is 3.40. The van der Waals surface area contributed by atoms with Crippen LogP contribution in [-0.2, 0) is 4.79 Å². The fourth-order valence-electron chi connectivity index (χ4n) is 2.82. The predicted octanol–water partition coefficient (Wildman–Crippen LogP) is 3.00. The number of nitrogens with zero attached hydrogens (tertiary/aromatic N) is 1. The lowest BCUT2D eigenvalue weighted by Crippen LogP contribution is -2.44. The van der Waals surface area contributed by atoms with Crippen LogP contribution in [0.4, 0.5) is 0 Å². The number of rotatable bonds is 2. The lowest BCUT2D eigenvalue weighted by atomic mass is 9.86. The number of aliphatic hydroxyl groups is 1. The maximum absolute atomic E-state index is 12.2. The van der Waals surface area contributed by atoms with Crippen molar-refractivity contribution in [3.63, 3.8) is 0 Å². The van der Waals surface area contributed by atoms with Crippen LogP contribution in [0.25, 0.3) is 0 Å². The van der Waals surface area contributed by atoms with Gasteiger partial charge in [-0.15, -0.1) is 0 Å². The van der Waals surface area contributed by atoms with Crippen molar-refractivity contribution in [2.45, 2.75) is 39.7 Å². The molecule has 1 fully saturated rings. The Morgan fingerprint density at radius 3 is 2.25 bits per heavy atom. The van der Waals surface area contributed by atoms with Gasteiger partial charge in [-0.1, -0.05) is 51.1 Å². The number of aliphatic hydroxyl groups excluding tert-OH is 1. The molecule has 1 N–H and O–H groups in total. The van der Waals surface area contributed by atoms with Crippen molar-refractivity contribution in [2.75, 3.05) is 13.1 Å². The van der Waals surface area contributed by atoms with Crippen LogP contribution < -0.4 is 0 Å². The Hall–Kier alpha value is -1.35. The minimum absolute atomic E-state index is 0.213. The van der Waals surface area contributed by atoms with Gasteiger partial charge in [-0.25, -0.2) is 0 Å². The van der Waals surface area contributed by atoms with E-state index in [1.807, 2.05) is 56.0 Å². The quantitative estimate of drug-likeness (QED) is 0.901. The highest BCUT2D eigenvalue weighted by Crippen LogP contribution is 2.31. The minimum atomic E-state index is -0.414. The van der Waals surface area contributed by atoms with Crippen LogP contribution in [0.15, 0.2) is 30.3 Å². The molecule has 0 aromatic heterocycles. The molecule has 3 nitrogen and oxygen atoms in total. The first-order chi connectivity index (χ1) is 9.39. The fraction of sp³-hybridized carbons (Fsp3) is 0.588. The first kappa shape index (κ1) is 15.0. The van der Waals surface area contributed by atoms with Gasteiger partial charge in [-0.3, -0.25) is 4.79 Å². The summed E-state index contributed by atoms with van der Waals surface area (Å²) in [6.45, 7) is 7.38. The Morgan fingerprint density at radius 1 is 1.20 bits per heavy atom. The van der Waals surface area contributed by atoms with E-state index in [2.05, 4.69) is 0 Å². The molecule has 1 aromatic rings. The van der Waals surface area contributed by atoms with E-state index >= 15 is 0 Å². The summed E-state index contributed by atoms with van der Waals surface area (Å²) in [6.07, 6.45) is 1.33. The zero-order chi connectivity index (χ0) is 14.8. The summed E-state index contributed by atoms with van der Waals surface area (Å²) in [7, 11) is 0. The molecule has 1 heterocycles. The molecular formula is C17H25NO2. The molecule has 1 unspecified atom stereocenters. The number of hydrogen-bond donors (Lipinski definition) is 1. The van der Waals surface area contributed by atoms with Crippen LogP contribution in [0.3, 0.4) is 0 Å². The van der Waals surface area contributed by atoms with Crippen LogP contribution in [0, 0.1) is 11.3 Å². The molecule has 3 heteroatoms. The van der Waals surface area contributed by atoms with E-state index < -0.39 is 6.10 Å². The molecule has 0 bridgehead atoms. The molecule has 1 aliphatic rings. The van der Waals surface area contributed by atoms with E-state index in [9.17, 15) is 9.90 Å². The second-order valence-corrected chi connectivity index (χ2v) is 6.74. The number of benzene rings is 1. The summed E-state index contributed by atoms with van der Waals surface area (Å²) < 4.78 is 0. The number of carbonyl (C=O) groups is 1. The van der Waals surface area contributed by atoms with E-state index in [0.717, 1.165) is 31.5 Å². The summed E-state index contributed by atoms with van der Waals surface area (Å²) in [5.74, 6) is 0.464. The first-order valence-corrected chi connectivity index (χ1v) is 7.42. The van der Waals surface area contributed by atoms with Gasteiger partial charge in [0.15, 0.2) is 0 Å². The molecule has 2 rings (SSSR count). The summed E-state index contributed by atoms with van der Waals surface area (Å²) in [5.41, 5.74) is 0.665. The van der Waals surface area contributed by atoms with Crippen LogP contribution in [0.2, 0.25) is 0 Å². The zero-order valence-corrected chi connectivity index (χ0v) is 12.7. The number of piperidine rings is 1. The molecule has 20 heavy (non-hydrogen) atoms. The average Bonchev–Trinajstić information content (AvgIpc) is 2.46. The molecule has 110 valence electrons. The second kappa shape index (κ2) is 5.96. The van der Waals surface area contributed by atoms with E-state index in [4.69, 9.17) is 0 Å². The largest absolute Gasteiger partial charge is 0.388 e.